The highest BCUT2D eigenvalue weighted by Gasteiger charge is 2.06. The fourth-order valence-corrected chi connectivity index (χ4v) is 2.32. The molecular formula is C14H15BrFN3O2. The molecule has 7 heteroatoms. The number of hydrogen-bond acceptors (Lipinski definition) is 3. The maximum atomic E-state index is 13.2. The number of unbranched alkanes of at least 4 members (excludes halogenated alkanes) is 1. The van der Waals surface area contributed by atoms with Crippen molar-refractivity contribution in [2.75, 3.05) is 0 Å². The van der Waals surface area contributed by atoms with Crippen LogP contribution < -0.4 is 0 Å². The highest BCUT2D eigenvalue weighted by Crippen LogP contribution is 2.18. The lowest BCUT2D eigenvalue weighted by Gasteiger charge is -2.04. The minimum atomic E-state index is -0.783. The lowest BCUT2D eigenvalue weighted by Crippen LogP contribution is -2.01. The second-order valence-electron chi connectivity index (χ2n) is 4.74. The largest absolute Gasteiger partial charge is 0.481 e. The summed E-state index contributed by atoms with van der Waals surface area (Å²) in [5.41, 5.74) is 1.60. The molecule has 1 aromatic heterocycles. The predicted molar refractivity (Wildman–Crippen MR) is 78.4 cm³/mol. The molecule has 0 spiro atoms. The standard InChI is InChI=1S/C14H15BrFN3O2/c15-13-6-5-11(16)7-10(13)8-19-9-12(17-18-19)3-1-2-4-14(20)21/h5-7,9H,1-4,8H2,(H,20,21). The van der Waals surface area contributed by atoms with E-state index in [2.05, 4.69) is 26.2 Å². The van der Waals surface area contributed by atoms with E-state index < -0.39 is 5.97 Å². The third kappa shape index (κ3) is 4.93. The fraction of sp³-hybridized carbons (Fsp3) is 0.357. The number of carboxylic acid groups (broad SMARTS) is 1. The summed E-state index contributed by atoms with van der Waals surface area (Å²) in [7, 11) is 0. The molecule has 21 heavy (non-hydrogen) atoms. The summed E-state index contributed by atoms with van der Waals surface area (Å²) >= 11 is 3.38. The van der Waals surface area contributed by atoms with Gasteiger partial charge in [-0.1, -0.05) is 21.1 Å². The second kappa shape index (κ2) is 7.31. The monoisotopic (exact) mass is 355 g/mol. The zero-order valence-corrected chi connectivity index (χ0v) is 12.9. The van der Waals surface area contributed by atoms with Gasteiger partial charge in [-0.3, -0.25) is 4.79 Å². The third-order valence-corrected chi connectivity index (χ3v) is 3.77. The number of benzene rings is 1. The van der Waals surface area contributed by atoms with Crippen molar-refractivity contribution in [3.05, 3.63) is 45.9 Å². The van der Waals surface area contributed by atoms with E-state index in [0.717, 1.165) is 22.2 Å². The first-order valence-electron chi connectivity index (χ1n) is 6.59. The van der Waals surface area contributed by atoms with E-state index in [1.54, 1.807) is 16.9 Å². The quantitative estimate of drug-likeness (QED) is 0.775. The molecule has 2 aromatic rings. The SMILES string of the molecule is O=C(O)CCCCc1cn(Cc2cc(F)ccc2Br)nn1. The van der Waals surface area contributed by atoms with Gasteiger partial charge >= 0.3 is 5.97 Å². The summed E-state index contributed by atoms with van der Waals surface area (Å²) in [4.78, 5) is 10.4. The first-order chi connectivity index (χ1) is 10.0. The Morgan fingerprint density at radius 3 is 2.95 bits per heavy atom. The molecule has 0 aliphatic heterocycles. The molecule has 2 rings (SSSR count). The van der Waals surface area contributed by atoms with E-state index in [9.17, 15) is 9.18 Å². The van der Waals surface area contributed by atoms with Crippen molar-refractivity contribution in [3.8, 4) is 0 Å². The molecule has 112 valence electrons. The smallest absolute Gasteiger partial charge is 0.303 e. The van der Waals surface area contributed by atoms with Crippen LogP contribution in [0.5, 0.6) is 0 Å². The number of aromatic nitrogens is 3. The van der Waals surface area contributed by atoms with Gasteiger partial charge in [-0.2, -0.15) is 0 Å². The highest BCUT2D eigenvalue weighted by atomic mass is 79.9. The Balaban J connectivity index is 1.91. The van der Waals surface area contributed by atoms with Crippen LogP contribution in [0.25, 0.3) is 0 Å². The van der Waals surface area contributed by atoms with Gasteiger partial charge in [0.1, 0.15) is 5.82 Å². The Hall–Kier alpha value is -1.76. The molecule has 5 nitrogen and oxygen atoms in total. The first kappa shape index (κ1) is 15.6. The summed E-state index contributed by atoms with van der Waals surface area (Å²) in [5.74, 6) is -1.07. The summed E-state index contributed by atoms with van der Waals surface area (Å²) in [6.07, 6.45) is 4.05. The number of hydrogen-bond donors (Lipinski definition) is 1. The molecule has 0 saturated heterocycles. The van der Waals surface area contributed by atoms with Gasteiger partial charge in [0.05, 0.1) is 12.2 Å². The summed E-state index contributed by atoms with van der Waals surface area (Å²) < 4.78 is 15.7. The molecule has 0 atom stereocenters. The molecular weight excluding hydrogens is 341 g/mol. The predicted octanol–water partition coefficient (Wildman–Crippen LogP) is 3.03. The van der Waals surface area contributed by atoms with Crippen LogP contribution in [0.2, 0.25) is 0 Å². The van der Waals surface area contributed by atoms with Crippen molar-refractivity contribution < 1.29 is 14.3 Å². The molecule has 1 N–H and O–H groups in total. The number of carboxylic acids is 1. The number of rotatable bonds is 7. The van der Waals surface area contributed by atoms with E-state index in [-0.39, 0.29) is 12.2 Å². The van der Waals surface area contributed by atoms with Crippen molar-refractivity contribution in [3.63, 3.8) is 0 Å². The number of nitrogens with zero attached hydrogens (tertiary/aromatic N) is 3. The van der Waals surface area contributed by atoms with Crippen LogP contribution in [0, 0.1) is 5.82 Å². The van der Waals surface area contributed by atoms with Gasteiger partial charge in [-0.05, 0) is 43.0 Å². The summed E-state index contributed by atoms with van der Waals surface area (Å²) in [5, 5.41) is 16.6. The van der Waals surface area contributed by atoms with Crippen molar-refractivity contribution in [2.45, 2.75) is 32.2 Å². The van der Waals surface area contributed by atoms with Crippen LogP contribution in [0.4, 0.5) is 4.39 Å². The zero-order valence-electron chi connectivity index (χ0n) is 11.3. The van der Waals surface area contributed by atoms with Gasteiger partial charge in [0.25, 0.3) is 0 Å². The Morgan fingerprint density at radius 1 is 1.38 bits per heavy atom. The molecule has 0 aliphatic carbocycles. The molecule has 0 fully saturated rings. The minimum Gasteiger partial charge on any atom is -0.481 e. The molecule has 0 unspecified atom stereocenters. The van der Waals surface area contributed by atoms with E-state index in [1.165, 1.54) is 12.1 Å². The van der Waals surface area contributed by atoms with Gasteiger partial charge < -0.3 is 5.11 Å². The maximum absolute atomic E-state index is 13.2. The maximum Gasteiger partial charge on any atom is 0.303 e. The Morgan fingerprint density at radius 2 is 2.19 bits per heavy atom. The van der Waals surface area contributed by atoms with Crippen LogP contribution in [0.3, 0.4) is 0 Å². The minimum absolute atomic E-state index is 0.171. The third-order valence-electron chi connectivity index (χ3n) is 3.00. The van der Waals surface area contributed by atoms with E-state index in [0.29, 0.717) is 19.4 Å². The van der Waals surface area contributed by atoms with Crippen LogP contribution in [-0.2, 0) is 17.8 Å². The molecule has 0 aliphatic rings. The second-order valence-corrected chi connectivity index (χ2v) is 5.60. The lowest BCUT2D eigenvalue weighted by molar-refractivity contribution is -0.137. The summed E-state index contributed by atoms with van der Waals surface area (Å²) in [6.45, 7) is 0.431. The molecule has 0 radical (unpaired) electrons. The number of aliphatic carboxylic acids is 1. The first-order valence-corrected chi connectivity index (χ1v) is 7.38. The average molecular weight is 356 g/mol. The van der Waals surface area contributed by atoms with Crippen molar-refractivity contribution in [1.29, 1.82) is 0 Å². The molecule has 0 saturated carbocycles. The number of halogens is 2. The average Bonchev–Trinajstić information content (AvgIpc) is 2.86. The van der Waals surface area contributed by atoms with Crippen LogP contribution in [0.15, 0.2) is 28.9 Å². The summed E-state index contributed by atoms with van der Waals surface area (Å²) in [6, 6.07) is 4.51. The molecule has 0 bridgehead atoms. The van der Waals surface area contributed by atoms with E-state index in [1.807, 2.05) is 0 Å². The topological polar surface area (TPSA) is 68.0 Å². The van der Waals surface area contributed by atoms with E-state index in [4.69, 9.17) is 5.11 Å². The van der Waals surface area contributed by atoms with Gasteiger partial charge in [-0.15, -0.1) is 5.10 Å². The lowest BCUT2D eigenvalue weighted by atomic mass is 10.1. The van der Waals surface area contributed by atoms with Crippen molar-refractivity contribution in [1.82, 2.24) is 15.0 Å². The van der Waals surface area contributed by atoms with Crippen LogP contribution in [0.1, 0.15) is 30.5 Å². The highest BCUT2D eigenvalue weighted by molar-refractivity contribution is 9.10. The Labute approximate surface area is 129 Å². The van der Waals surface area contributed by atoms with Gasteiger partial charge in [0.2, 0.25) is 0 Å². The molecule has 0 amide bonds. The van der Waals surface area contributed by atoms with Crippen LogP contribution in [-0.4, -0.2) is 26.1 Å². The van der Waals surface area contributed by atoms with Gasteiger partial charge in [0.15, 0.2) is 0 Å². The van der Waals surface area contributed by atoms with Gasteiger partial charge in [-0.25, -0.2) is 9.07 Å². The molecule has 1 aromatic carbocycles. The normalized spacial score (nSPS) is 10.8. The fourth-order valence-electron chi connectivity index (χ4n) is 1.95. The molecule has 1 heterocycles. The zero-order chi connectivity index (χ0) is 15.2. The van der Waals surface area contributed by atoms with Crippen LogP contribution >= 0.6 is 15.9 Å². The van der Waals surface area contributed by atoms with E-state index >= 15 is 0 Å². The van der Waals surface area contributed by atoms with Crippen molar-refractivity contribution in [2.24, 2.45) is 0 Å². The number of carbonyl (C=O) groups is 1. The Bertz CT molecular complexity index is 630. The Kier molecular flexibility index (Phi) is 5.44. The number of aryl methyl sites for hydroxylation is 1. The van der Waals surface area contributed by atoms with Gasteiger partial charge in [0, 0.05) is 17.1 Å². The van der Waals surface area contributed by atoms with Crippen molar-refractivity contribution >= 4 is 21.9 Å².